The first kappa shape index (κ1) is 18.5. The summed E-state index contributed by atoms with van der Waals surface area (Å²) in [6, 6.07) is 14.5. The van der Waals surface area contributed by atoms with E-state index in [1.807, 2.05) is 50.2 Å². The summed E-state index contributed by atoms with van der Waals surface area (Å²) < 4.78 is 0. The molecule has 0 saturated heterocycles. The molecule has 3 amide bonds. The molecule has 0 bridgehead atoms. The van der Waals surface area contributed by atoms with E-state index < -0.39 is 0 Å². The molecule has 0 unspecified atom stereocenters. The molecule has 1 heterocycles. The fourth-order valence-electron chi connectivity index (χ4n) is 2.33. The number of para-hydroxylation sites is 1. The summed E-state index contributed by atoms with van der Waals surface area (Å²) in [5, 5.41) is 16.9. The Morgan fingerprint density at radius 3 is 2.52 bits per heavy atom. The minimum absolute atomic E-state index is 0.187. The van der Waals surface area contributed by atoms with Gasteiger partial charge in [-0.3, -0.25) is 4.79 Å². The van der Waals surface area contributed by atoms with Crippen molar-refractivity contribution >= 4 is 34.6 Å². The van der Waals surface area contributed by atoms with E-state index in [9.17, 15) is 9.59 Å². The monoisotopic (exact) mass is 381 g/mol. The number of carbonyl (C=O) groups excluding carboxylic acids is 2. The highest BCUT2D eigenvalue weighted by Gasteiger charge is 2.14. The lowest BCUT2D eigenvalue weighted by Gasteiger charge is -2.10. The molecule has 0 aliphatic carbocycles. The Bertz CT molecular complexity index is 956. The third kappa shape index (κ3) is 4.89. The highest BCUT2D eigenvalue weighted by Crippen LogP contribution is 2.18. The van der Waals surface area contributed by atoms with Crippen LogP contribution in [0.25, 0.3) is 0 Å². The van der Waals surface area contributed by atoms with Gasteiger partial charge in [0.05, 0.1) is 6.54 Å². The van der Waals surface area contributed by atoms with Crippen LogP contribution in [0.2, 0.25) is 0 Å². The van der Waals surface area contributed by atoms with Crippen LogP contribution in [0.1, 0.15) is 25.9 Å². The van der Waals surface area contributed by atoms with Crippen molar-refractivity contribution in [3.05, 3.63) is 69.7 Å². The van der Waals surface area contributed by atoms with Crippen LogP contribution in [0.15, 0.2) is 48.5 Å². The van der Waals surface area contributed by atoms with Crippen LogP contribution in [0.4, 0.5) is 16.2 Å². The van der Waals surface area contributed by atoms with Crippen LogP contribution in [0.5, 0.6) is 0 Å². The van der Waals surface area contributed by atoms with Gasteiger partial charge in [-0.1, -0.05) is 41.7 Å². The lowest BCUT2D eigenvalue weighted by atomic mass is 10.1. The van der Waals surface area contributed by atoms with Gasteiger partial charge in [-0.25, -0.2) is 4.79 Å². The van der Waals surface area contributed by atoms with Gasteiger partial charge in [-0.15, -0.1) is 10.2 Å². The topological polar surface area (TPSA) is 96.0 Å². The number of aromatic nitrogens is 2. The predicted molar refractivity (Wildman–Crippen MR) is 106 cm³/mol. The third-order valence-corrected chi connectivity index (χ3v) is 4.87. The summed E-state index contributed by atoms with van der Waals surface area (Å²) in [6.45, 7) is 4.13. The smallest absolute Gasteiger partial charge is 0.319 e. The number of hydrogen-bond acceptors (Lipinski definition) is 5. The van der Waals surface area contributed by atoms with Gasteiger partial charge in [-0.2, -0.15) is 0 Å². The molecule has 2 aromatic carbocycles. The molecule has 0 aliphatic rings. The summed E-state index contributed by atoms with van der Waals surface area (Å²) in [6.07, 6.45) is 0. The van der Waals surface area contributed by atoms with Gasteiger partial charge in [0.25, 0.3) is 5.91 Å². The van der Waals surface area contributed by atoms with Gasteiger partial charge < -0.3 is 16.0 Å². The number of amides is 3. The summed E-state index contributed by atoms with van der Waals surface area (Å²) in [5.74, 6) is -0.329. The molecule has 1 aromatic heterocycles. The molecule has 0 saturated carbocycles. The quantitative estimate of drug-likeness (QED) is 0.627. The van der Waals surface area contributed by atoms with E-state index in [-0.39, 0.29) is 23.5 Å². The molecule has 0 radical (unpaired) electrons. The SMILES string of the molecule is Cc1cccc(NC(=O)NCc2nnc(C(=O)Nc3ccccc3)s2)c1C. The van der Waals surface area contributed by atoms with E-state index in [0.717, 1.165) is 28.2 Å². The highest BCUT2D eigenvalue weighted by atomic mass is 32.1. The van der Waals surface area contributed by atoms with E-state index in [2.05, 4.69) is 26.1 Å². The maximum atomic E-state index is 12.2. The molecule has 3 aromatic rings. The Balaban J connectivity index is 1.54. The minimum atomic E-state index is -0.339. The zero-order valence-electron chi connectivity index (χ0n) is 14.9. The average molecular weight is 381 g/mol. The zero-order chi connectivity index (χ0) is 19.2. The normalized spacial score (nSPS) is 10.3. The fraction of sp³-hybridized carbons (Fsp3) is 0.158. The maximum Gasteiger partial charge on any atom is 0.319 e. The van der Waals surface area contributed by atoms with Gasteiger partial charge in [0.2, 0.25) is 5.01 Å². The van der Waals surface area contributed by atoms with E-state index in [4.69, 9.17) is 0 Å². The van der Waals surface area contributed by atoms with Gasteiger partial charge in [0, 0.05) is 11.4 Å². The van der Waals surface area contributed by atoms with E-state index >= 15 is 0 Å². The number of urea groups is 1. The largest absolute Gasteiger partial charge is 0.331 e. The van der Waals surface area contributed by atoms with Crippen molar-refractivity contribution in [1.29, 1.82) is 0 Å². The molecule has 138 valence electrons. The maximum absolute atomic E-state index is 12.2. The summed E-state index contributed by atoms with van der Waals surface area (Å²) in [5.41, 5.74) is 3.56. The van der Waals surface area contributed by atoms with Crippen LogP contribution in [0.3, 0.4) is 0 Å². The van der Waals surface area contributed by atoms with Crippen molar-refractivity contribution < 1.29 is 9.59 Å². The zero-order valence-corrected chi connectivity index (χ0v) is 15.8. The van der Waals surface area contributed by atoms with Gasteiger partial charge in [-0.05, 0) is 43.2 Å². The number of rotatable bonds is 5. The molecule has 3 rings (SSSR count). The van der Waals surface area contributed by atoms with Crippen molar-refractivity contribution in [1.82, 2.24) is 15.5 Å². The average Bonchev–Trinajstić information content (AvgIpc) is 3.14. The van der Waals surface area contributed by atoms with E-state index in [1.165, 1.54) is 0 Å². The summed E-state index contributed by atoms with van der Waals surface area (Å²) >= 11 is 1.14. The molecule has 0 aliphatic heterocycles. The first-order valence-corrected chi connectivity index (χ1v) is 9.14. The highest BCUT2D eigenvalue weighted by molar-refractivity contribution is 7.13. The summed E-state index contributed by atoms with van der Waals surface area (Å²) in [4.78, 5) is 24.3. The Morgan fingerprint density at radius 1 is 0.963 bits per heavy atom. The van der Waals surface area contributed by atoms with Crippen LogP contribution in [0, 0.1) is 13.8 Å². The molecular formula is C19H19N5O2S. The van der Waals surface area contributed by atoms with Crippen molar-refractivity contribution in [2.24, 2.45) is 0 Å². The number of aryl methyl sites for hydroxylation is 1. The molecule has 3 N–H and O–H groups in total. The Kier molecular flexibility index (Phi) is 5.77. The molecule has 8 heteroatoms. The first-order valence-electron chi connectivity index (χ1n) is 8.33. The Hall–Kier alpha value is -3.26. The third-order valence-electron chi connectivity index (χ3n) is 3.95. The number of hydrogen-bond donors (Lipinski definition) is 3. The minimum Gasteiger partial charge on any atom is -0.331 e. The van der Waals surface area contributed by atoms with Crippen molar-refractivity contribution in [3.8, 4) is 0 Å². The first-order chi connectivity index (χ1) is 13.0. The molecule has 0 fully saturated rings. The Morgan fingerprint density at radius 2 is 1.74 bits per heavy atom. The standard InChI is InChI=1S/C19H19N5O2S/c1-12-7-6-10-15(13(12)2)22-19(26)20-11-16-23-24-18(27-16)17(25)21-14-8-4-3-5-9-14/h3-10H,11H2,1-2H3,(H,21,25)(H2,20,22,26). The van der Waals surface area contributed by atoms with Gasteiger partial charge in [0.1, 0.15) is 5.01 Å². The van der Waals surface area contributed by atoms with Gasteiger partial charge >= 0.3 is 6.03 Å². The number of anilines is 2. The summed E-state index contributed by atoms with van der Waals surface area (Å²) in [7, 11) is 0. The Labute approximate surface area is 160 Å². The molecule has 7 nitrogen and oxygen atoms in total. The van der Waals surface area contributed by atoms with Crippen molar-refractivity contribution in [3.63, 3.8) is 0 Å². The number of nitrogens with zero attached hydrogens (tertiary/aromatic N) is 2. The van der Waals surface area contributed by atoms with E-state index in [1.54, 1.807) is 12.1 Å². The second kappa shape index (κ2) is 8.41. The van der Waals surface area contributed by atoms with E-state index in [0.29, 0.717) is 10.7 Å². The molecular weight excluding hydrogens is 362 g/mol. The lowest BCUT2D eigenvalue weighted by molar-refractivity contribution is 0.102. The van der Waals surface area contributed by atoms with Crippen molar-refractivity contribution in [2.45, 2.75) is 20.4 Å². The second-order valence-corrected chi connectivity index (χ2v) is 6.94. The molecule has 27 heavy (non-hydrogen) atoms. The lowest BCUT2D eigenvalue weighted by Crippen LogP contribution is -2.28. The second-order valence-electron chi connectivity index (χ2n) is 5.88. The predicted octanol–water partition coefficient (Wildman–Crippen LogP) is 3.73. The number of nitrogens with one attached hydrogen (secondary N) is 3. The molecule has 0 spiro atoms. The fourth-order valence-corrected chi connectivity index (χ4v) is 3.01. The van der Waals surface area contributed by atoms with Crippen LogP contribution >= 0.6 is 11.3 Å². The van der Waals surface area contributed by atoms with Gasteiger partial charge in [0.15, 0.2) is 0 Å². The van der Waals surface area contributed by atoms with Crippen LogP contribution < -0.4 is 16.0 Å². The number of carbonyl (C=O) groups is 2. The van der Waals surface area contributed by atoms with Crippen LogP contribution in [-0.2, 0) is 6.54 Å². The van der Waals surface area contributed by atoms with Crippen molar-refractivity contribution in [2.75, 3.05) is 10.6 Å². The molecule has 0 atom stereocenters. The number of benzene rings is 2. The van der Waals surface area contributed by atoms with Crippen LogP contribution in [-0.4, -0.2) is 22.1 Å².